The highest BCUT2D eigenvalue weighted by atomic mass is 32.2. The Hall–Kier alpha value is -2.46. The van der Waals surface area contributed by atoms with Crippen LogP contribution in [0.1, 0.15) is 16.7 Å². The molecule has 0 bridgehead atoms. The molecule has 3 rings (SSSR count). The molecule has 126 valence electrons. The molecule has 25 heavy (non-hydrogen) atoms. The normalized spacial score (nSPS) is 11.2. The second kappa shape index (κ2) is 7.62. The van der Waals surface area contributed by atoms with E-state index in [1.807, 2.05) is 60.7 Å². The molecule has 0 atom stereocenters. The number of hydrogen-bond donors (Lipinski definition) is 0. The number of hydrogen-bond acceptors (Lipinski definition) is 1. The number of thioether (sulfide) groups is 1. The smallest absolute Gasteiger partial charge is 0.160 e. The van der Waals surface area contributed by atoms with Crippen molar-refractivity contribution < 1.29 is 13.2 Å². The number of benzene rings is 3. The first-order valence-corrected chi connectivity index (χ1v) is 8.52. The molecule has 3 aromatic carbocycles. The summed E-state index contributed by atoms with van der Waals surface area (Å²) in [5, 5.41) is 0. The molecule has 0 radical (unpaired) electrons. The zero-order valence-corrected chi connectivity index (χ0v) is 14.0. The van der Waals surface area contributed by atoms with Gasteiger partial charge in [-0.05, 0) is 28.5 Å². The number of halogens is 3. The summed E-state index contributed by atoms with van der Waals surface area (Å²) in [4.78, 5) is 0.200. The lowest BCUT2D eigenvalue weighted by Gasteiger charge is -2.18. The summed E-state index contributed by atoms with van der Waals surface area (Å²) in [5.74, 6) is 0. The summed E-state index contributed by atoms with van der Waals surface area (Å²) < 4.78 is 39.9. The molecule has 0 N–H and O–H groups in total. The minimum absolute atomic E-state index is 0.0676. The van der Waals surface area contributed by atoms with Crippen LogP contribution in [0.5, 0.6) is 0 Å². The van der Waals surface area contributed by atoms with E-state index in [9.17, 15) is 13.2 Å². The molecule has 0 aliphatic rings. The SMILES string of the molecule is FC(F)(F)SC(=C(c1ccccc1)c1ccccc1)c1ccccc1. The van der Waals surface area contributed by atoms with E-state index >= 15 is 0 Å². The van der Waals surface area contributed by atoms with E-state index in [2.05, 4.69) is 0 Å². The van der Waals surface area contributed by atoms with Gasteiger partial charge >= 0.3 is 5.51 Å². The van der Waals surface area contributed by atoms with E-state index in [1.54, 1.807) is 30.3 Å². The average Bonchev–Trinajstić information content (AvgIpc) is 2.63. The van der Waals surface area contributed by atoms with Gasteiger partial charge < -0.3 is 0 Å². The molecule has 0 nitrogen and oxygen atoms in total. The highest BCUT2D eigenvalue weighted by Crippen LogP contribution is 2.46. The molecule has 0 heterocycles. The molecule has 0 unspecified atom stereocenters. The summed E-state index contributed by atoms with van der Waals surface area (Å²) in [7, 11) is 0. The van der Waals surface area contributed by atoms with Crippen LogP contribution in [0.25, 0.3) is 10.5 Å². The van der Waals surface area contributed by atoms with Crippen LogP contribution in [-0.2, 0) is 0 Å². The second-order valence-electron chi connectivity index (χ2n) is 5.35. The van der Waals surface area contributed by atoms with Crippen molar-refractivity contribution in [1.29, 1.82) is 0 Å². The molecule has 0 fully saturated rings. The molecular weight excluding hydrogens is 341 g/mol. The molecule has 0 aromatic heterocycles. The van der Waals surface area contributed by atoms with Crippen LogP contribution in [0.15, 0.2) is 91.0 Å². The molecule has 0 saturated heterocycles. The predicted molar refractivity (Wildman–Crippen MR) is 98.9 cm³/mol. The van der Waals surface area contributed by atoms with Crippen molar-refractivity contribution in [3.05, 3.63) is 108 Å². The van der Waals surface area contributed by atoms with Crippen LogP contribution in [0, 0.1) is 0 Å². The summed E-state index contributed by atoms with van der Waals surface area (Å²) in [6.45, 7) is 0. The lowest BCUT2D eigenvalue weighted by atomic mass is 9.95. The zero-order valence-electron chi connectivity index (χ0n) is 13.2. The monoisotopic (exact) mass is 356 g/mol. The molecule has 4 heteroatoms. The predicted octanol–water partition coefficient (Wildman–Crippen LogP) is 6.86. The standard InChI is InChI=1S/C21H15F3S/c22-21(23,24)25-20(18-14-8-3-9-15-18)19(16-10-4-1-5-11-16)17-12-6-2-7-13-17/h1-15H. The van der Waals surface area contributed by atoms with Crippen molar-refractivity contribution in [2.45, 2.75) is 5.51 Å². The van der Waals surface area contributed by atoms with Gasteiger partial charge in [-0.1, -0.05) is 91.0 Å². The van der Waals surface area contributed by atoms with Crippen LogP contribution in [0.3, 0.4) is 0 Å². The Balaban J connectivity index is 2.30. The van der Waals surface area contributed by atoms with Crippen molar-refractivity contribution in [2.75, 3.05) is 0 Å². The Labute approximate surface area is 149 Å². The van der Waals surface area contributed by atoms with Crippen molar-refractivity contribution in [2.24, 2.45) is 0 Å². The van der Waals surface area contributed by atoms with Gasteiger partial charge in [-0.15, -0.1) is 0 Å². The maximum absolute atomic E-state index is 13.3. The quantitative estimate of drug-likeness (QED) is 0.460. The fourth-order valence-electron chi connectivity index (χ4n) is 2.60. The molecule has 0 aliphatic heterocycles. The third-order valence-corrected chi connectivity index (χ3v) is 4.48. The topological polar surface area (TPSA) is 0 Å². The Morgan fingerprint density at radius 2 is 0.920 bits per heavy atom. The fraction of sp³-hybridized carbons (Fsp3) is 0.0476. The van der Waals surface area contributed by atoms with Gasteiger partial charge in [0.05, 0.1) is 0 Å². The minimum atomic E-state index is -4.38. The third kappa shape index (κ3) is 4.54. The molecule has 0 aliphatic carbocycles. The van der Waals surface area contributed by atoms with Gasteiger partial charge in [-0.25, -0.2) is 0 Å². The molecule has 0 spiro atoms. The van der Waals surface area contributed by atoms with Crippen LogP contribution in [0.2, 0.25) is 0 Å². The van der Waals surface area contributed by atoms with E-state index in [0.717, 1.165) is 11.1 Å². The first kappa shape index (κ1) is 17.4. The van der Waals surface area contributed by atoms with E-state index in [-0.39, 0.29) is 16.7 Å². The summed E-state index contributed by atoms with van der Waals surface area (Å²) in [6, 6.07) is 27.1. The van der Waals surface area contributed by atoms with Crippen molar-refractivity contribution >= 4 is 22.2 Å². The highest BCUT2D eigenvalue weighted by Gasteiger charge is 2.32. The van der Waals surface area contributed by atoms with Gasteiger partial charge in [0, 0.05) is 10.5 Å². The Morgan fingerprint density at radius 1 is 0.560 bits per heavy atom. The van der Waals surface area contributed by atoms with Crippen LogP contribution >= 0.6 is 11.8 Å². The molecule has 0 amide bonds. The van der Waals surface area contributed by atoms with Gasteiger partial charge in [0.15, 0.2) is 0 Å². The highest BCUT2D eigenvalue weighted by molar-refractivity contribution is 8.09. The third-order valence-electron chi connectivity index (χ3n) is 3.61. The lowest BCUT2D eigenvalue weighted by Crippen LogP contribution is -2.03. The Morgan fingerprint density at radius 3 is 1.28 bits per heavy atom. The maximum Gasteiger partial charge on any atom is 0.446 e. The fourth-order valence-corrected chi connectivity index (χ4v) is 3.42. The summed E-state index contributed by atoms with van der Waals surface area (Å²) in [6.07, 6.45) is 0. The summed E-state index contributed by atoms with van der Waals surface area (Å²) >= 11 is -0.0676. The van der Waals surface area contributed by atoms with E-state index in [4.69, 9.17) is 0 Å². The molecular formula is C21H15F3S. The van der Waals surface area contributed by atoms with Gasteiger partial charge in [0.25, 0.3) is 0 Å². The summed E-state index contributed by atoms with van der Waals surface area (Å²) in [5.41, 5.74) is -1.74. The zero-order chi connectivity index (χ0) is 17.7. The van der Waals surface area contributed by atoms with Crippen molar-refractivity contribution in [1.82, 2.24) is 0 Å². The number of alkyl halides is 3. The van der Waals surface area contributed by atoms with Crippen molar-refractivity contribution in [3.8, 4) is 0 Å². The van der Waals surface area contributed by atoms with E-state index < -0.39 is 5.51 Å². The first-order chi connectivity index (χ1) is 12.0. The van der Waals surface area contributed by atoms with Crippen molar-refractivity contribution in [3.63, 3.8) is 0 Å². The van der Waals surface area contributed by atoms with Gasteiger partial charge in [-0.3, -0.25) is 0 Å². The average molecular weight is 356 g/mol. The second-order valence-corrected chi connectivity index (χ2v) is 6.43. The van der Waals surface area contributed by atoms with Crippen LogP contribution in [-0.4, -0.2) is 5.51 Å². The minimum Gasteiger partial charge on any atom is -0.160 e. The van der Waals surface area contributed by atoms with Gasteiger partial charge in [0.1, 0.15) is 0 Å². The molecule has 0 saturated carbocycles. The van der Waals surface area contributed by atoms with Crippen LogP contribution in [0.4, 0.5) is 13.2 Å². The largest absolute Gasteiger partial charge is 0.446 e. The maximum atomic E-state index is 13.3. The van der Waals surface area contributed by atoms with Crippen LogP contribution < -0.4 is 0 Å². The number of rotatable bonds is 4. The van der Waals surface area contributed by atoms with Gasteiger partial charge in [0.2, 0.25) is 0 Å². The van der Waals surface area contributed by atoms with E-state index in [0.29, 0.717) is 11.1 Å². The van der Waals surface area contributed by atoms with Gasteiger partial charge in [-0.2, -0.15) is 13.2 Å². The lowest BCUT2D eigenvalue weighted by molar-refractivity contribution is -0.0317. The molecule has 3 aromatic rings. The Kier molecular flexibility index (Phi) is 5.29. The Bertz CT molecular complexity index is 797. The first-order valence-electron chi connectivity index (χ1n) is 7.71. The van der Waals surface area contributed by atoms with E-state index in [1.165, 1.54) is 0 Å².